The molecule has 0 radical (unpaired) electrons. The fourth-order valence-corrected chi connectivity index (χ4v) is 4.76. The zero-order valence-corrected chi connectivity index (χ0v) is 21.1. The summed E-state index contributed by atoms with van der Waals surface area (Å²) in [6.45, 7) is 3.78. The van der Waals surface area contributed by atoms with Crippen LogP contribution in [0.4, 0.5) is 13.2 Å². The molecule has 1 aliphatic heterocycles. The molecule has 0 saturated carbocycles. The van der Waals surface area contributed by atoms with Crippen molar-refractivity contribution in [2.75, 3.05) is 13.1 Å². The van der Waals surface area contributed by atoms with E-state index in [1.54, 1.807) is 47.2 Å². The lowest BCUT2D eigenvalue weighted by Crippen LogP contribution is -2.30. The Kier molecular flexibility index (Phi) is 7.30. The molecule has 0 bridgehead atoms. The first-order valence-corrected chi connectivity index (χ1v) is 12.6. The molecule has 194 valence electrons. The molecule has 2 aromatic heterocycles. The zero-order chi connectivity index (χ0) is 26.7. The van der Waals surface area contributed by atoms with E-state index in [-0.39, 0.29) is 24.3 Å². The van der Waals surface area contributed by atoms with Gasteiger partial charge in [0.05, 0.1) is 11.8 Å². The van der Waals surface area contributed by atoms with Crippen molar-refractivity contribution in [1.82, 2.24) is 19.5 Å². The van der Waals surface area contributed by atoms with Gasteiger partial charge in [-0.15, -0.1) is 0 Å². The molecular weight excluding hydrogens is 489 g/mol. The average molecular weight is 517 g/mol. The van der Waals surface area contributed by atoms with Gasteiger partial charge in [-0.05, 0) is 79.7 Å². The quantitative estimate of drug-likeness (QED) is 0.246. The SMILES string of the molecule is Cc1ccc(C(=O)Cc2ccc(CN3CCCCC3)c(C(F)(F)F)c2)cc1C#Cc1cnc2cccnn12. The van der Waals surface area contributed by atoms with E-state index in [1.165, 1.54) is 6.07 Å². The summed E-state index contributed by atoms with van der Waals surface area (Å²) in [6, 6.07) is 13.1. The number of nitrogens with zero attached hydrogens (tertiary/aromatic N) is 4. The number of alkyl halides is 3. The first-order chi connectivity index (χ1) is 18.3. The summed E-state index contributed by atoms with van der Waals surface area (Å²) >= 11 is 0. The molecule has 0 amide bonds. The monoisotopic (exact) mass is 516 g/mol. The molecule has 0 N–H and O–H groups in total. The molecule has 1 fully saturated rings. The summed E-state index contributed by atoms with van der Waals surface area (Å²) in [5, 5.41) is 4.25. The molecule has 8 heteroatoms. The van der Waals surface area contributed by atoms with E-state index >= 15 is 0 Å². The van der Waals surface area contributed by atoms with E-state index < -0.39 is 11.7 Å². The lowest BCUT2D eigenvalue weighted by molar-refractivity contribution is -0.138. The van der Waals surface area contributed by atoms with E-state index in [0.29, 0.717) is 28.0 Å². The van der Waals surface area contributed by atoms with E-state index in [0.717, 1.165) is 44.0 Å². The summed E-state index contributed by atoms with van der Waals surface area (Å²) in [5.41, 5.74) is 3.18. The van der Waals surface area contributed by atoms with Crippen LogP contribution in [-0.4, -0.2) is 38.4 Å². The molecule has 0 spiro atoms. The minimum Gasteiger partial charge on any atom is -0.299 e. The molecule has 5 rings (SSSR count). The number of rotatable bonds is 5. The fraction of sp³-hybridized carbons (Fsp3) is 0.300. The number of imidazole rings is 1. The van der Waals surface area contributed by atoms with Crippen molar-refractivity contribution in [1.29, 1.82) is 0 Å². The summed E-state index contributed by atoms with van der Waals surface area (Å²) in [7, 11) is 0. The third-order valence-corrected chi connectivity index (χ3v) is 6.85. The van der Waals surface area contributed by atoms with Crippen LogP contribution in [0.2, 0.25) is 0 Å². The van der Waals surface area contributed by atoms with Crippen LogP contribution >= 0.6 is 0 Å². The summed E-state index contributed by atoms with van der Waals surface area (Å²) < 4.78 is 43.4. The van der Waals surface area contributed by atoms with Gasteiger partial charge in [0.15, 0.2) is 11.4 Å². The molecular formula is C30H27F3N4O. The second kappa shape index (κ2) is 10.8. The maximum Gasteiger partial charge on any atom is 0.416 e. The number of halogens is 3. The molecule has 1 saturated heterocycles. The van der Waals surface area contributed by atoms with E-state index in [1.807, 2.05) is 13.0 Å². The number of benzene rings is 2. The highest BCUT2D eigenvalue weighted by Crippen LogP contribution is 2.34. The van der Waals surface area contributed by atoms with Crippen molar-refractivity contribution in [2.45, 2.75) is 45.3 Å². The van der Waals surface area contributed by atoms with Crippen LogP contribution in [-0.2, 0) is 19.1 Å². The molecule has 2 aromatic carbocycles. The highest BCUT2D eigenvalue weighted by Gasteiger charge is 2.34. The Labute approximate surface area is 219 Å². The molecule has 3 heterocycles. The van der Waals surface area contributed by atoms with Gasteiger partial charge >= 0.3 is 6.18 Å². The molecule has 0 unspecified atom stereocenters. The molecule has 1 aliphatic rings. The zero-order valence-electron chi connectivity index (χ0n) is 21.1. The number of fused-ring (bicyclic) bond motifs is 1. The Hall–Kier alpha value is -3.96. The number of Topliss-reactive ketones (excluding diaryl/α,β-unsaturated/α-hetero) is 1. The Morgan fingerprint density at radius 3 is 2.63 bits per heavy atom. The number of aromatic nitrogens is 3. The first-order valence-electron chi connectivity index (χ1n) is 12.6. The summed E-state index contributed by atoms with van der Waals surface area (Å²) in [5.74, 6) is 5.87. The highest BCUT2D eigenvalue weighted by atomic mass is 19.4. The maximum absolute atomic E-state index is 13.9. The maximum atomic E-state index is 13.9. The van der Waals surface area contributed by atoms with Crippen LogP contribution in [0, 0.1) is 18.8 Å². The van der Waals surface area contributed by atoms with E-state index in [4.69, 9.17) is 0 Å². The molecule has 5 nitrogen and oxygen atoms in total. The van der Waals surface area contributed by atoms with Gasteiger partial charge in [-0.3, -0.25) is 9.69 Å². The number of aryl methyl sites for hydroxylation is 1. The molecule has 38 heavy (non-hydrogen) atoms. The number of likely N-dealkylation sites (tertiary alicyclic amines) is 1. The lowest BCUT2D eigenvalue weighted by Gasteiger charge is -2.27. The van der Waals surface area contributed by atoms with Crippen LogP contribution in [0.3, 0.4) is 0 Å². The predicted molar refractivity (Wildman–Crippen MR) is 139 cm³/mol. The molecule has 0 aliphatic carbocycles. The van der Waals surface area contributed by atoms with Crippen LogP contribution < -0.4 is 0 Å². The van der Waals surface area contributed by atoms with Gasteiger partial charge in [-0.25, -0.2) is 9.50 Å². The minimum absolute atomic E-state index is 0.125. The Bertz CT molecular complexity index is 1540. The van der Waals surface area contributed by atoms with E-state index in [9.17, 15) is 18.0 Å². The van der Waals surface area contributed by atoms with Crippen molar-refractivity contribution >= 4 is 11.4 Å². The number of carbonyl (C=O) groups is 1. The van der Waals surface area contributed by atoms with Crippen LogP contribution in [0.5, 0.6) is 0 Å². The van der Waals surface area contributed by atoms with Crippen LogP contribution in [0.15, 0.2) is 60.9 Å². The second-order valence-corrected chi connectivity index (χ2v) is 9.64. The number of hydrogen-bond acceptors (Lipinski definition) is 4. The third kappa shape index (κ3) is 5.79. The van der Waals surface area contributed by atoms with Crippen molar-refractivity contribution in [2.24, 2.45) is 0 Å². The topological polar surface area (TPSA) is 50.5 Å². The Morgan fingerprint density at radius 2 is 1.84 bits per heavy atom. The van der Waals surface area contributed by atoms with Crippen molar-refractivity contribution in [3.63, 3.8) is 0 Å². The summed E-state index contributed by atoms with van der Waals surface area (Å²) in [4.78, 5) is 19.4. The number of hydrogen-bond donors (Lipinski definition) is 0. The normalized spacial score (nSPS) is 14.3. The Balaban J connectivity index is 1.36. The number of ketones is 1. The third-order valence-electron chi connectivity index (χ3n) is 6.85. The molecule has 4 aromatic rings. The number of piperidine rings is 1. The Morgan fingerprint density at radius 1 is 1.03 bits per heavy atom. The van der Waals surface area contributed by atoms with Crippen LogP contribution in [0.25, 0.3) is 5.65 Å². The second-order valence-electron chi connectivity index (χ2n) is 9.64. The number of carbonyl (C=O) groups excluding carboxylic acids is 1. The first kappa shape index (κ1) is 25.7. The lowest BCUT2D eigenvalue weighted by atomic mass is 9.96. The van der Waals surface area contributed by atoms with Gasteiger partial charge in [0.2, 0.25) is 0 Å². The van der Waals surface area contributed by atoms with Crippen molar-refractivity contribution in [3.05, 3.63) is 100.0 Å². The van der Waals surface area contributed by atoms with Gasteiger partial charge in [-0.2, -0.15) is 18.3 Å². The van der Waals surface area contributed by atoms with Crippen molar-refractivity contribution < 1.29 is 18.0 Å². The van der Waals surface area contributed by atoms with Gasteiger partial charge in [-0.1, -0.05) is 36.6 Å². The van der Waals surface area contributed by atoms with Gasteiger partial charge < -0.3 is 0 Å². The van der Waals surface area contributed by atoms with Crippen molar-refractivity contribution in [3.8, 4) is 11.8 Å². The summed E-state index contributed by atoms with van der Waals surface area (Å²) in [6.07, 6.45) is 1.80. The van der Waals surface area contributed by atoms with Gasteiger partial charge in [0.25, 0.3) is 0 Å². The minimum atomic E-state index is -4.48. The van der Waals surface area contributed by atoms with Gasteiger partial charge in [0, 0.05) is 30.3 Å². The standard InChI is InChI=1S/C30H27F3N4O/c1-21-7-9-24(18-23(21)11-12-26-19-34-29-6-5-13-35-37(26)29)28(38)17-22-8-10-25(27(16-22)30(31,32)33)20-36-14-3-2-4-15-36/h5-10,13,16,18-19H,2-4,14-15,17,20H2,1H3. The largest absolute Gasteiger partial charge is 0.416 e. The van der Waals surface area contributed by atoms with Gasteiger partial charge in [0.1, 0.15) is 5.69 Å². The predicted octanol–water partition coefficient (Wildman–Crippen LogP) is 5.87. The van der Waals surface area contributed by atoms with Crippen LogP contribution in [0.1, 0.15) is 63.1 Å². The highest BCUT2D eigenvalue weighted by molar-refractivity contribution is 5.98. The fourth-order valence-electron chi connectivity index (χ4n) is 4.76. The van der Waals surface area contributed by atoms with E-state index in [2.05, 4.69) is 26.8 Å². The average Bonchev–Trinajstić information content (AvgIpc) is 3.32. The molecule has 0 atom stereocenters. The smallest absolute Gasteiger partial charge is 0.299 e.